The van der Waals surface area contributed by atoms with E-state index >= 15 is 0 Å². The number of hydrogen-bond donors (Lipinski definition) is 2. The molecule has 1 aromatic rings. The number of ether oxygens (including phenoxy) is 1. The highest BCUT2D eigenvalue weighted by Crippen LogP contribution is 2.11. The van der Waals surface area contributed by atoms with Gasteiger partial charge in [0.2, 0.25) is 5.43 Å². The average molecular weight is 279 g/mol. The van der Waals surface area contributed by atoms with E-state index in [1.165, 1.54) is 19.4 Å². The standard InChI is InChI=1S/C13H17N3O4/c1-3-8-4-9(20-16-8)6-15-13(18)10-5-11(17)12(19-2)7-14-10/h5,7,9H,3-4,6H2,1-2H3,(H,14,17)(H,15,18)/t9-/m1/s1. The Morgan fingerprint density at radius 1 is 1.65 bits per heavy atom. The molecule has 0 unspecified atom stereocenters. The van der Waals surface area contributed by atoms with Gasteiger partial charge in [-0.3, -0.25) is 9.59 Å². The molecule has 2 N–H and O–H groups in total. The number of amides is 1. The Balaban J connectivity index is 1.90. The number of oxime groups is 1. The van der Waals surface area contributed by atoms with Gasteiger partial charge in [0.05, 0.1) is 19.4 Å². The van der Waals surface area contributed by atoms with Crippen molar-refractivity contribution in [1.29, 1.82) is 0 Å². The van der Waals surface area contributed by atoms with Crippen LogP contribution in [0.4, 0.5) is 0 Å². The molecule has 1 aromatic heterocycles. The maximum atomic E-state index is 11.9. The Hall–Kier alpha value is -2.31. The van der Waals surface area contributed by atoms with Gasteiger partial charge in [-0.05, 0) is 6.42 Å². The Labute approximate surface area is 116 Å². The molecule has 1 amide bonds. The third-order valence-corrected chi connectivity index (χ3v) is 3.03. The molecule has 1 atom stereocenters. The van der Waals surface area contributed by atoms with Crippen molar-refractivity contribution < 1.29 is 14.4 Å². The lowest BCUT2D eigenvalue weighted by Gasteiger charge is -2.10. The van der Waals surface area contributed by atoms with Crippen LogP contribution in [0.2, 0.25) is 0 Å². The van der Waals surface area contributed by atoms with Crippen LogP contribution in [0.3, 0.4) is 0 Å². The lowest BCUT2D eigenvalue weighted by molar-refractivity contribution is 0.0751. The molecule has 20 heavy (non-hydrogen) atoms. The van der Waals surface area contributed by atoms with Crippen molar-refractivity contribution in [3.8, 4) is 5.75 Å². The largest absolute Gasteiger partial charge is 0.491 e. The van der Waals surface area contributed by atoms with Gasteiger partial charge < -0.3 is 19.9 Å². The van der Waals surface area contributed by atoms with Gasteiger partial charge in [0.25, 0.3) is 5.91 Å². The third kappa shape index (κ3) is 3.17. The van der Waals surface area contributed by atoms with Crippen LogP contribution >= 0.6 is 0 Å². The van der Waals surface area contributed by atoms with Crippen molar-refractivity contribution in [2.45, 2.75) is 25.9 Å². The van der Waals surface area contributed by atoms with Gasteiger partial charge in [0, 0.05) is 18.7 Å². The van der Waals surface area contributed by atoms with E-state index in [0.29, 0.717) is 6.54 Å². The molecule has 0 radical (unpaired) electrons. The molecule has 0 saturated carbocycles. The van der Waals surface area contributed by atoms with E-state index in [1.54, 1.807) is 0 Å². The average Bonchev–Trinajstić information content (AvgIpc) is 2.92. The van der Waals surface area contributed by atoms with Crippen LogP contribution in [-0.4, -0.2) is 36.4 Å². The number of nitrogens with zero attached hydrogens (tertiary/aromatic N) is 1. The number of aromatic amines is 1. The fourth-order valence-electron chi connectivity index (χ4n) is 1.86. The highest BCUT2D eigenvalue weighted by Gasteiger charge is 2.20. The summed E-state index contributed by atoms with van der Waals surface area (Å²) >= 11 is 0. The summed E-state index contributed by atoms with van der Waals surface area (Å²) in [5, 5.41) is 6.62. The second kappa shape index (κ2) is 6.23. The minimum atomic E-state index is -0.363. The number of nitrogens with one attached hydrogen (secondary N) is 2. The molecule has 1 aliphatic rings. The molecule has 108 valence electrons. The minimum Gasteiger partial charge on any atom is -0.491 e. The molecule has 2 rings (SSSR count). The summed E-state index contributed by atoms with van der Waals surface area (Å²) in [6.45, 7) is 2.35. The molecule has 0 spiro atoms. The van der Waals surface area contributed by atoms with E-state index in [1.807, 2.05) is 6.92 Å². The SMILES string of the molecule is CCC1=NO[C@@H](CNC(=O)c2cc(=O)c(OC)c[nH]2)C1. The second-order valence-electron chi connectivity index (χ2n) is 4.43. The van der Waals surface area contributed by atoms with Crippen molar-refractivity contribution in [3.63, 3.8) is 0 Å². The first-order valence-electron chi connectivity index (χ1n) is 6.40. The fourth-order valence-corrected chi connectivity index (χ4v) is 1.86. The molecule has 0 aliphatic carbocycles. The maximum Gasteiger partial charge on any atom is 0.267 e. The minimum absolute atomic E-state index is 0.140. The molecule has 0 aromatic carbocycles. The number of aromatic nitrogens is 1. The first kappa shape index (κ1) is 14.1. The first-order valence-corrected chi connectivity index (χ1v) is 6.40. The molecule has 7 heteroatoms. The summed E-state index contributed by atoms with van der Waals surface area (Å²) < 4.78 is 4.83. The van der Waals surface area contributed by atoms with Crippen molar-refractivity contribution in [2.75, 3.05) is 13.7 Å². The molecular formula is C13H17N3O4. The Kier molecular flexibility index (Phi) is 4.39. The molecule has 2 heterocycles. The molecule has 0 bridgehead atoms. The number of carbonyl (C=O) groups excluding carboxylic acids is 1. The zero-order valence-corrected chi connectivity index (χ0v) is 11.4. The monoisotopic (exact) mass is 279 g/mol. The summed E-state index contributed by atoms with van der Waals surface area (Å²) in [5.41, 5.74) is 0.831. The van der Waals surface area contributed by atoms with Crippen LogP contribution in [0.25, 0.3) is 0 Å². The molecular weight excluding hydrogens is 262 g/mol. The van der Waals surface area contributed by atoms with Crippen LogP contribution in [0, 0.1) is 0 Å². The van der Waals surface area contributed by atoms with Gasteiger partial charge in [0.1, 0.15) is 11.8 Å². The predicted molar refractivity (Wildman–Crippen MR) is 73.2 cm³/mol. The van der Waals surface area contributed by atoms with Crippen LogP contribution in [0.1, 0.15) is 30.3 Å². The maximum absolute atomic E-state index is 11.9. The summed E-state index contributed by atoms with van der Waals surface area (Å²) in [4.78, 5) is 31.3. The van der Waals surface area contributed by atoms with E-state index in [0.717, 1.165) is 18.6 Å². The van der Waals surface area contributed by atoms with Crippen molar-refractivity contribution in [1.82, 2.24) is 10.3 Å². The van der Waals surface area contributed by atoms with Gasteiger partial charge in [-0.2, -0.15) is 0 Å². The zero-order valence-electron chi connectivity index (χ0n) is 11.4. The zero-order chi connectivity index (χ0) is 14.5. The summed E-state index contributed by atoms with van der Waals surface area (Å²) in [6, 6.07) is 1.21. The van der Waals surface area contributed by atoms with Crippen LogP contribution in [0.15, 0.2) is 22.2 Å². The quantitative estimate of drug-likeness (QED) is 0.828. The second-order valence-corrected chi connectivity index (χ2v) is 4.43. The van der Waals surface area contributed by atoms with Gasteiger partial charge in [-0.25, -0.2) is 0 Å². The molecule has 7 nitrogen and oxygen atoms in total. The number of pyridine rings is 1. The summed E-state index contributed by atoms with van der Waals surface area (Å²) in [6.07, 6.45) is 2.78. The van der Waals surface area contributed by atoms with E-state index < -0.39 is 0 Å². The fraction of sp³-hybridized carbons (Fsp3) is 0.462. The number of methoxy groups -OCH3 is 1. The van der Waals surface area contributed by atoms with Gasteiger partial charge >= 0.3 is 0 Å². The van der Waals surface area contributed by atoms with Gasteiger partial charge in [-0.15, -0.1) is 0 Å². The van der Waals surface area contributed by atoms with E-state index in [2.05, 4.69) is 15.5 Å². The van der Waals surface area contributed by atoms with Crippen molar-refractivity contribution in [3.05, 3.63) is 28.2 Å². The normalized spacial score (nSPS) is 17.3. The topological polar surface area (TPSA) is 92.8 Å². The van der Waals surface area contributed by atoms with E-state index in [-0.39, 0.29) is 28.9 Å². The predicted octanol–water partition coefficient (Wildman–Crippen LogP) is 0.668. The Bertz CT molecular complexity index is 579. The summed E-state index contributed by atoms with van der Waals surface area (Å²) in [7, 11) is 1.40. The number of carbonyl (C=O) groups is 1. The summed E-state index contributed by atoms with van der Waals surface area (Å²) in [5.74, 6) is -0.194. The van der Waals surface area contributed by atoms with Gasteiger partial charge in [0.15, 0.2) is 5.75 Å². The van der Waals surface area contributed by atoms with Crippen molar-refractivity contribution >= 4 is 11.6 Å². The van der Waals surface area contributed by atoms with Gasteiger partial charge in [-0.1, -0.05) is 12.1 Å². The highest BCUT2D eigenvalue weighted by atomic mass is 16.6. The lowest BCUT2D eigenvalue weighted by Crippen LogP contribution is -2.33. The molecule has 0 fully saturated rings. The molecule has 0 saturated heterocycles. The van der Waals surface area contributed by atoms with Crippen LogP contribution < -0.4 is 15.5 Å². The highest BCUT2D eigenvalue weighted by molar-refractivity contribution is 5.92. The van der Waals surface area contributed by atoms with Crippen LogP contribution in [-0.2, 0) is 4.84 Å². The number of rotatable bonds is 5. The smallest absolute Gasteiger partial charge is 0.267 e. The third-order valence-electron chi connectivity index (χ3n) is 3.03. The first-order chi connectivity index (χ1) is 9.63. The molecule has 1 aliphatic heterocycles. The van der Waals surface area contributed by atoms with Crippen molar-refractivity contribution in [2.24, 2.45) is 5.16 Å². The van der Waals surface area contributed by atoms with Crippen LogP contribution in [0.5, 0.6) is 5.75 Å². The Morgan fingerprint density at radius 2 is 2.45 bits per heavy atom. The van der Waals surface area contributed by atoms with E-state index in [4.69, 9.17) is 9.57 Å². The lowest BCUT2D eigenvalue weighted by atomic mass is 10.1. The Morgan fingerprint density at radius 3 is 3.05 bits per heavy atom. The number of H-pyrrole nitrogens is 1. The number of hydrogen-bond acceptors (Lipinski definition) is 5. The van der Waals surface area contributed by atoms with E-state index in [9.17, 15) is 9.59 Å².